The zero-order valence-corrected chi connectivity index (χ0v) is 32.5. The van der Waals surface area contributed by atoms with Gasteiger partial charge < -0.3 is 24.7 Å². The van der Waals surface area contributed by atoms with Crippen LogP contribution >= 0.6 is 0 Å². The van der Waals surface area contributed by atoms with Crippen molar-refractivity contribution in [2.75, 3.05) is 70.5 Å². The summed E-state index contributed by atoms with van der Waals surface area (Å²) in [5, 5.41) is 41.5. The first kappa shape index (κ1) is 39.9. The van der Waals surface area contributed by atoms with E-state index in [1.165, 1.54) is 29.2 Å². The minimum absolute atomic E-state index is 0.00563. The van der Waals surface area contributed by atoms with Crippen LogP contribution in [0.2, 0.25) is 0 Å². The molecular formula is C44H41N7O9. The molecule has 3 aliphatic rings. The quantitative estimate of drug-likeness (QED) is 0.0703. The summed E-state index contributed by atoms with van der Waals surface area (Å²) in [7, 11) is 0. The largest absolute Gasteiger partial charge is 0.478 e. The molecule has 0 radical (unpaired) electrons. The van der Waals surface area contributed by atoms with Crippen LogP contribution in [0.25, 0.3) is 21.9 Å². The number of aliphatic hydroxyl groups excluding tert-OH is 1. The van der Waals surface area contributed by atoms with Crippen LogP contribution in [0.3, 0.4) is 0 Å². The number of nitrogens with zero attached hydrogens (tertiary/aromatic N) is 7. The Morgan fingerprint density at radius 2 is 1.43 bits per heavy atom. The van der Waals surface area contributed by atoms with E-state index in [0.29, 0.717) is 75.0 Å². The highest BCUT2D eigenvalue weighted by atomic mass is 16.6. The second kappa shape index (κ2) is 17.1. The van der Waals surface area contributed by atoms with Gasteiger partial charge in [0.1, 0.15) is 0 Å². The van der Waals surface area contributed by atoms with Crippen LogP contribution in [0, 0.1) is 10.1 Å². The number of nitro benzene ring substituents is 1. The van der Waals surface area contributed by atoms with Crippen molar-refractivity contribution in [3.05, 3.63) is 129 Å². The third-order valence-electron chi connectivity index (χ3n) is 11.3. The fraction of sp³-hybridized carbons (Fsp3) is 0.273. The SMILES string of the molecule is O=C(O)c1ccc(CO)c([N+](=O)[O-])c1-c1ccc(N=Nc2ccc(C(=O)N3CCN(c4cc5c(c6ccccc46)C(=O)N(CCN4CCOCC4)C(=O)C5)CC3)cc2)cc1. The van der Waals surface area contributed by atoms with E-state index in [-0.39, 0.29) is 46.4 Å². The average Bonchev–Trinajstić information content (AvgIpc) is 3.27. The highest BCUT2D eigenvalue weighted by Gasteiger charge is 2.35. The molecule has 306 valence electrons. The Kier molecular flexibility index (Phi) is 11.4. The van der Waals surface area contributed by atoms with Crippen molar-refractivity contribution in [1.29, 1.82) is 0 Å². The second-order valence-electron chi connectivity index (χ2n) is 14.7. The Labute approximate surface area is 344 Å². The molecule has 0 bridgehead atoms. The molecule has 16 heteroatoms. The maximum atomic E-state index is 13.9. The molecule has 0 atom stereocenters. The van der Waals surface area contributed by atoms with Crippen LogP contribution in [-0.2, 0) is 22.6 Å². The number of benzene rings is 5. The zero-order valence-electron chi connectivity index (χ0n) is 32.5. The molecular weight excluding hydrogens is 771 g/mol. The number of aromatic carboxylic acids is 1. The van der Waals surface area contributed by atoms with Gasteiger partial charge in [-0.2, -0.15) is 10.2 Å². The number of anilines is 1. The highest BCUT2D eigenvalue weighted by molar-refractivity contribution is 6.18. The Morgan fingerprint density at radius 1 is 0.783 bits per heavy atom. The van der Waals surface area contributed by atoms with Gasteiger partial charge in [-0.15, -0.1) is 0 Å². The summed E-state index contributed by atoms with van der Waals surface area (Å²) in [6, 6.07) is 25.1. The summed E-state index contributed by atoms with van der Waals surface area (Å²) in [4.78, 5) is 71.4. The number of nitro groups is 1. The zero-order chi connectivity index (χ0) is 41.9. The lowest BCUT2D eigenvalue weighted by molar-refractivity contribution is -0.385. The molecule has 2 saturated heterocycles. The van der Waals surface area contributed by atoms with E-state index in [9.17, 15) is 39.5 Å². The van der Waals surface area contributed by atoms with E-state index in [1.54, 1.807) is 41.3 Å². The Balaban J connectivity index is 0.915. The molecule has 3 aliphatic heterocycles. The Morgan fingerprint density at radius 3 is 2.07 bits per heavy atom. The maximum absolute atomic E-state index is 13.9. The summed E-state index contributed by atoms with van der Waals surface area (Å²) < 4.78 is 5.43. The maximum Gasteiger partial charge on any atom is 0.336 e. The van der Waals surface area contributed by atoms with E-state index in [4.69, 9.17) is 4.74 Å². The molecule has 60 heavy (non-hydrogen) atoms. The van der Waals surface area contributed by atoms with Crippen molar-refractivity contribution in [2.45, 2.75) is 13.0 Å². The molecule has 0 unspecified atom stereocenters. The van der Waals surface area contributed by atoms with E-state index in [2.05, 4.69) is 20.0 Å². The third kappa shape index (κ3) is 7.95. The normalized spacial score (nSPS) is 16.1. The number of carbonyl (C=O) groups excluding carboxylic acids is 3. The van der Waals surface area contributed by atoms with E-state index < -0.39 is 23.2 Å². The third-order valence-corrected chi connectivity index (χ3v) is 11.3. The van der Waals surface area contributed by atoms with Crippen molar-refractivity contribution in [2.24, 2.45) is 10.2 Å². The number of carbonyl (C=O) groups is 4. The van der Waals surface area contributed by atoms with Gasteiger partial charge in [0.2, 0.25) is 5.91 Å². The molecule has 3 heterocycles. The predicted octanol–water partition coefficient (Wildman–Crippen LogP) is 5.84. The van der Waals surface area contributed by atoms with Gasteiger partial charge in [-0.05, 0) is 71.1 Å². The van der Waals surface area contributed by atoms with Gasteiger partial charge in [-0.3, -0.25) is 34.3 Å². The molecule has 3 amide bonds. The lowest BCUT2D eigenvalue weighted by atomic mass is 9.91. The number of fused-ring (bicyclic) bond motifs is 3. The monoisotopic (exact) mass is 811 g/mol. The van der Waals surface area contributed by atoms with Crippen LogP contribution in [0.15, 0.2) is 101 Å². The van der Waals surface area contributed by atoms with Crippen LogP contribution in [0.5, 0.6) is 0 Å². The molecule has 2 fully saturated rings. The van der Waals surface area contributed by atoms with Gasteiger partial charge in [0.25, 0.3) is 17.5 Å². The topological polar surface area (TPSA) is 199 Å². The number of carboxylic acids is 1. The van der Waals surface area contributed by atoms with Crippen molar-refractivity contribution < 1.29 is 39.1 Å². The molecule has 0 aliphatic carbocycles. The highest BCUT2D eigenvalue weighted by Crippen LogP contribution is 2.38. The molecule has 5 aromatic rings. The number of piperazine rings is 1. The van der Waals surface area contributed by atoms with Crippen molar-refractivity contribution in [3.63, 3.8) is 0 Å². The molecule has 0 saturated carbocycles. The van der Waals surface area contributed by atoms with Gasteiger partial charge in [0, 0.05) is 69.0 Å². The number of hydrogen-bond donors (Lipinski definition) is 2. The first-order valence-electron chi connectivity index (χ1n) is 19.6. The van der Waals surface area contributed by atoms with Gasteiger partial charge >= 0.3 is 5.97 Å². The summed E-state index contributed by atoms with van der Waals surface area (Å²) in [6.45, 7) is 5.23. The summed E-state index contributed by atoms with van der Waals surface area (Å²) in [5.41, 5.74) is 3.01. The number of ether oxygens (including phenoxy) is 1. The standard InChI is InChI=1S/C44H41N7O9/c52-27-30-9-14-36(44(56)57)39(41(30)51(58)59)28-5-10-32(11-6-28)45-46-33-12-7-29(8-13-33)42(54)49-18-16-48(17-19-49)37-25-31-26-38(53)50(20-15-47-21-23-60-24-22-47)43(55)40(31)35-4-2-1-3-34(35)37/h1-14,25,52H,15-24,26-27H2,(H,56,57). The summed E-state index contributed by atoms with van der Waals surface area (Å²) in [6.07, 6.45) is 0.144. The molecule has 2 N–H and O–H groups in total. The van der Waals surface area contributed by atoms with Gasteiger partial charge in [-0.1, -0.05) is 36.4 Å². The van der Waals surface area contributed by atoms with Gasteiger partial charge in [0.05, 0.1) is 64.8 Å². The van der Waals surface area contributed by atoms with Crippen LogP contribution in [0.4, 0.5) is 22.7 Å². The van der Waals surface area contributed by atoms with Crippen LogP contribution < -0.4 is 4.90 Å². The lowest BCUT2D eigenvalue weighted by Gasteiger charge is -2.38. The molecule has 0 aromatic heterocycles. The van der Waals surface area contributed by atoms with Crippen molar-refractivity contribution >= 4 is 57.2 Å². The Bertz CT molecular complexity index is 2530. The molecule has 5 aromatic carbocycles. The molecule has 16 nitrogen and oxygen atoms in total. The number of carboxylic acid groups (broad SMARTS) is 1. The van der Waals surface area contributed by atoms with E-state index >= 15 is 0 Å². The van der Waals surface area contributed by atoms with E-state index in [1.807, 2.05) is 30.3 Å². The smallest absolute Gasteiger partial charge is 0.336 e. The van der Waals surface area contributed by atoms with Gasteiger partial charge in [0.15, 0.2) is 0 Å². The number of aliphatic hydroxyl groups is 1. The average molecular weight is 812 g/mol. The van der Waals surface area contributed by atoms with Crippen molar-refractivity contribution in [3.8, 4) is 11.1 Å². The molecule has 8 rings (SSSR count). The number of rotatable bonds is 11. The Hall–Kier alpha value is -6.88. The lowest BCUT2D eigenvalue weighted by Crippen LogP contribution is -2.49. The minimum Gasteiger partial charge on any atom is -0.478 e. The summed E-state index contributed by atoms with van der Waals surface area (Å²) in [5.74, 6) is -1.93. The number of azo groups is 1. The molecule has 0 spiro atoms. The summed E-state index contributed by atoms with van der Waals surface area (Å²) >= 11 is 0. The van der Waals surface area contributed by atoms with Crippen LogP contribution in [0.1, 0.15) is 42.2 Å². The van der Waals surface area contributed by atoms with E-state index in [0.717, 1.165) is 35.1 Å². The number of amides is 3. The van der Waals surface area contributed by atoms with Crippen LogP contribution in [-0.4, -0.2) is 119 Å². The second-order valence-corrected chi connectivity index (χ2v) is 14.7. The minimum atomic E-state index is -1.34. The first-order chi connectivity index (χ1) is 29.1. The van der Waals surface area contributed by atoms with Crippen molar-refractivity contribution in [1.82, 2.24) is 14.7 Å². The number of morpholine rings is 1. The fourth-order valence-electron chi connectivity index (χ4n) is 8.12. The van der Waals surface area contributed by atoms with Gasteiger partial charge in [-0.25, -0.2) is 4.79 Å². The number of hydrogen-bond acceptors (Lipinski definition) is 12. The fourth-order valence-corrected chi connectivity index (χ4v) is 8.12. The first-order valence-corrected chi connectivity index (χ1v) is 19.6. The number of imide groups is 1. The predicted molar refractivity (Wildman–Crippen MR) is 221 cm³/mol.